The molecule has 32 heavy (non-hydrogen) atoms. The van der Waals surface area contributed by atoms with Crippen LogP contribution in [-0.4, -0.2) is 60.1 Å². The normalized spacial score (nSPS) is 17.5. The summed E-state index contributed by atoms with van der Waals surface area (Å²) in [5.41, 5.74) is 2.26. The molecule has 1 aromatic carbocycles. The molecular weight excluding hydrogens is 430 g/mol. The number of piperazine rings is 1. The molecule has 2 aliphatic rings. The fourth-order valence-corrected chi connectivity index (χ4v) is 5.68. The Hall–Kier alpha value is -3.23. The zero-order valence-electron chi connectivity index (χ0n) is 17.9. The number of benzene rings is 1. The van der Waals surface area contributed by atoms with E-state index >= 15 is 0 Å². The molecule has 0 radical (unpaired) electrons. The largest absolute Gasteiger partial charge is 0.364 e. The van der Waals surface area contributed by atoms with Gasteiger partial charge in [0.05, 0.1) is 22.7 Å². The van der Waals surface area contributed by atoms with Crippen molar-refractivity contribution in [2.45, 2.75) is 37.6 Å². The Bertz CT molecular complexity index is 1310. The van der Waals surface area contributed by atoms with Crippen LogP contribution in [0.5, 0.6) is 0 Å². The molecule has 3 heterocycles. The number of rotatable bonds is 5. The van der Waals surface area contributed by atoms with E-state index in [2.05, 4.69) is 21.4 Å². The van der Waals surface area contributed by atoms with Gasteiger partial charge in [-0.15, -0.1) is 0 Å². The van der Waals surface area contributed by atoms with Gasteiger partial charge in [-0.1, -0.05) is 5.16 Å². The van der Waals surface area contributed by atoms with Crippen molar-refractivity contribution in [3.8, 4) is 6.07 Å². The minimum atomic E-state index is -3.69. The van der Waals surface area contributed by atoms with Crippen molar-refractivity contribution in [1.29, 1.82) is 5.26 Å². The first kappa shape index (κ1) is 20.7. The summed E-state index contributed by atoms with van der Waals surface area (Å²) in [7, 11) is -3.69. The molecule has 1 N–H and O–H groups in total. The van der Waals surface area contributed by atoms with Crippen LogP contribution in [0.15, 0.2) is 27.6 Å². The second-order valence-corrected chi connectivity index (χ2v) is 10.0. The molecule has 10 nitrogen and oxygen atoms in total. The number of nitrogens with one attached hydrogen (secondary N) is 1. The van der Waals surface area contributed by atoms with Crippen molar-refractivity contribution in [1.82, 2.24) is 19.4 Å². The van der Waals surface area contributed by atoms with Crippen LogP contribution in [0.2, 0.25) is 0 Å². The molecule has 0 spiro atoms. The Balaban J connectivity index is 1.43. The Morgan fingerprint density at radius 2 is 1.88 bits per heavy atom. The van der Waals surface area contributed by atoms with E-state index in [1.165, 1.54) is 4.31 Å². The van der Waals surface area contributed by atoms with Gasteiger partial charge in [0.1, 0.15) is 10.6 Å². The topological polar surface area (TPSA) is 128 Å². The Morgan fingerprint density at radius 1 is 1.12 bits per heavy atom. The first-order valence-electron chi connectivity index (χ1n) is 10.5. The molecule has 0 unspecified atom stereocenters. The highest BCUT2D eigenvalue weighted by atomic mass is 32.2. The summed E-state index contributed by atoms with van der Waals surface area (Å²) in [6.07, 6.45) is 2.19. The number of sulfonamides is 1. The van der Waals surface area contributed by atoms with Crippen molar-refractivity contribution in [3.63, 3.8) is 0 Å². The first-order chi connectivity index (χ1) is 15.4. The highest BCUT2D eigenvalue weighted by Crippen LogP contribution is 2.32. The van der Waals surface area contributed by atoms with Crippen LogP contribution in [-0.2, 0) is 10.0 Å². The van der Waals surface area contributed by atoms with E-state index in [1.54, 1.807) is 32.0 Å². The van der Waals surface area contributed by atoms with Crippen LogP contribution in [0.1, 0.15) is 29.9 Å². The smallest absolute Gasteiger partial charge is 0.248 e. The van der Waals surface area contributed by atoms with E-state index in [0.717, 1.165) is 18.4 Å². The highest BCUT2D eigenvalue weighted by Gasteiger charge is 2.34. The number of aromatic nitrogens is 3. The fraction of sp³-hybridized carbons (Fsp3) is 0.429. The van der Waals surface area contributed by atoms with Crippen molar-refractivity contribution < 1.29 is 12.9 Å². The summed E-state index contributed by atoms with van der Waals surface area (Å²) < 4.78 is 32.8. The van der Waals surface area contributed by atoms with E-state index in [1.807, 2.05) is 0 Å². The van der Waals surface area contributed by atoms with Crippen LogP contribution in [0.25, 0.3) is 11.0 Å². The third-order valence-electron chi connectivity index (χ3n) is 5.80. The Kier molecular flexibility index (Phi) is 4.98. The average Bonchev–Trinajstić information content (AvgIpc) is 3.54. The monoisotopic (exact) mass is 453 g/mol. The zero-order chi connectivity index (χ0) is 22.5. The van der Waals surface area contributed by atoms with E-state index in [9.17, 15) is 13.7 Å². The maximum atomic E-state index is 13.1. The number of aryl methyl sites for hydroxylation is 2. The van der Waals surface area contributed by atoms with Gasteiger partial charge in [-0.05, 0) is 44.9 Å². The number of hydrogen-bond acceptors (Lipinski definition) is 9. The SMILES string of the molecule is Cc1noc(C)c1S(=O)(=O)N1CCN(c2nc3cc(C#N)ccc3nc2NC2CC2)CC1. The maximum absolute atomic E-state index is 13.1. The lowest BCUT2D eigenvalue weighted by Gasteiger charge is -2.35. The third kappa shape index (κ3) is 3.65. The lowest BCUT2D eigenvalue weighted by Crippen LogP contribution is -2.49. The predicted octanol–water partition coefficient (Wildman–Crippen LogP) is 2.19. The number of hydrogen-bond donors (Lipinski definition) is 1. The summed E-state index contributed by atoms with van der Waals surface area (Å²) >= 11 is 0. The predicted molar refractivity (Wildman–Crippen MR) is 118 cm³/mol. The van der Waals surface area contributed by atoms with Crippen molar-refractivity contribution in [2.75, 3.05) is 36.4 Å². The van der Waals surface area contributed by atoms with Crippen molar-refractivity contribution in [2.24, 2.45) is 0 Å². The lowest BCUT2D eigenvalue weighted by atomic mass is 10.2. The van der Waals surface area contributed by atoms with Gasteiger partial charge in [0, 0.05) is 32.2 Å². The average molecular weight is 454 g/mol. The fourth-order valence-electron chi connectivity index (χ4n) is 3.97. The van der Waals surface area contributed by atoms with Gasteiger partial charge in [-0.3, -0.25) is 0 Å². The van der Waals surface area contributed by atoms with Crippen molar-refractivity contribution >= 4 is 32.7 Å². The molecule has 0 amide bonds. The molecule has 3 aromatic rings. The second-order valence-electron chi connectivity index (χ2n) is 8.17. The molecule has 11 heteroatoms. The minimum absolute atomic E-state index is 0.150. The minimum Gasteiger partial charge on any atom is -0.364 e. The summed E-state index contributed by atoms with van der Waals surface area (Å²) in [6.45, 7) is 4.81. The summed E-state index contributed by atoms with van der Waals surface area (Å²) in [5.74, 6) is 1.69. The molecule has 1 saturated heterocycles. The first-order valence-corrected chi connectivity index (χ1v) is 12.0. The molecule has 1 aliphatic heterocycles. The molecule has 0 bridgehead atoms. The van der Waals surface area contributed by atoms with Crippen LogP contribution in [0.3, 0.4) is 0 Å². The molecule has 5 rings (SSSR count). The van der Waals surface area contributed by atoms with Crippen LogP contribution in [0, 0.1) is 25.2 Å². The van der Waals surface area contributed by atoms with Gasteiger partial charge in [0.15, 0.2) is 17.4 Å². The Morgan fingerprint density at radius 3 is 2.50 bits per heavy atom. The standard InChI is InChI=1S/C21H23N7O3S/c1-13-19(14(2)31-26-13)32(29,30)28-9-7-27(8-10-28)21-20(23-16-4-5-16)24-17-6-3-15(12-22)11-18(17)25-21/h3,6,11,16H,4-5,7-10H2,1-2H3,(H,23,24). The maximum Gasteiger partial charge on any atom is 0.248 e. The molecule has 1 aliphatic carbocycles. The summed E-state index contributed by atoms with van der Waals surface area (Å²) in [4.78, 5) is 11.8. The molecule has 2 fully saturated rings. The lowest BCUT2D eigenvalue weighted by molar-refractivity contribution is 0.378. The van der Waals surface area contributed by atoms with Crippen LogP contribution < -0.4 is 10.2 Å². The number of fused-ring (bicyclic) bond motifs is 1. The van der Waals surface area contributed by atoms with Crippen LogP contribution in [0.4, 0.5) is 11.6 Å². The van der Waals surface area contributed by atoms with Crippen molar-refractivity contribution in [3.05, 3.63) is 35.2 Å². The van der Waals surface area contributed by atoms with E-state index in [4.69, 9.17) is 14.5 Å². The van der Waals surface area contributed by atoms with Gasteiger partial charge < -0.3 is 14.7 Å². The van der Waals surface area contributed by atoms with E-state index in [0.29, 0.717) is 66.4 Å². The Labute approximate surface area is 185 Å². The molecule has 0 atom stereocenters. The molecule has 2 aromatic heterocycles. The molecule has 166 valence electrons. The number of nitrogens with zero attached hydrogens (tertiary/aromatic N) is 6. The van der Waals surface area contributed by atoms with E-state index < -0.39 is 10.0 Å². The van der Waals surface area contributed by atoms with Gasteiger partial charge in [0.2, 0.25) is 10.0 Å². The highest BCUT2D eigenvalue weighted by molar-refractivity contribution is 7.89. The van der Waals surface area contributed by atoms with Crippen LogP contribution >= 0.6 is 0 Å². The van der Waals surface area contributed by atoms with Gasteiger partial charge >= 0.3 is 0 Å². The quantitative estimate of drug-likeness (QED) is 0.618. The number of nitriles is 1. The van der Waals surface area contributed by atoms with Gasteiger partial charge in [-0.2, -0.15) is 9.57 Å². The third-order valence-corrected chi connectivity index (χ3v) is 7.94. The molecule has 1 saturated carbocycles. The zero-order valence-corrected chi connectivity index (χ0v) is 18.7. The van der Waals surface area contributed by atoms with Gasteiger partial charge in [-0.25, -0.2) is 18.4 Å². The summed E-state index contributed by atoms with van der Waals surface area (Å²) in [5, 5.41) is 16.5. The molecular formula is C21H23N7O3S. The number of anilines is 2. The van der Waals surface area contributed by atoms with E-state index in [-0.39, 0.29) is 4.90 Å². The summed E-state index contributed by atoms with van der Waals surface area (Å²) in [6, 6.07) is 7.79. The second kappa shape index (κ2) is 7.72. The van der Waals surface area contributed by atoms with Gasteiger partial charge in [0.25, 0.3) is 0 Å².